The second kappa shape index (κ2) is 8.56. The number of ether oxygens (including phenoxy) is 3. The van der Waals surface area contributed by atoms with Crippen LogP contribution in [-0.2, 0) is 14.2 Å². The minimum Gasteiger partial charge on any atom is -0.465 e. The third kappa shape index (κ3) is 4.24. The molecule has 1 aliphatic carbocycles. The van der Waals surface area contributed by atoms with Crippen LogP contribution in [0.25, 0.3) is 0 Å². The molecule has 0 radical (unpaired) electrons. The SMILES string of the molecule is CO[C@@H]1[C@H](N(C(=O)O)[C@H](c2noc(=O)[nH]2)C(C)C)CC[C@]2(CO2)[C@H]1[C@@]1(C)O[C@@H]1CC=C(C)C. The Balaban J connectivity index is 1.68. The van der Waals surface area contributed by atoms with Crippen LogP contribution >= 0.6 is 0 Å². The molecule has 0 bridgehead atoms. The summed E-state index contributed by atoms with van der Waals surface area (Å²) in [6, 6.07) is -1.16. The predicted octanol–water partition coefficient (Wildman–Crippen LogP) is 3.12. The number of H-pyrrole nitrogens is 1. The van der Waals surface area contributed by atoms with Gasteiger partial charge in [0.2, 0.25) is 0 Å². The number of allylic oxidation sites excluding steroid dienone is 1. The van der Waals surface area contributed by atoms with Crippen LogP contribution in [-0.4, -0.2) is 69.4 Å². The minimum atomic E-state index is -1.10. The van der Waals surface area contributed by atoms with Gasteiger partial charge in [0.1, 0.15) is 5.60 Å². The van der Waals surface area contributed by atoms with Crippen molar-refractivity contribution >= 4 is 6.09 Å². The Morgan fingerprint density at radius 2 is 2.12 bits per heavy atom. The molecule has 33 heavy (non-hydrogen) atoms. The molecule has 1 aromatic heterocycles. The van der Waals surface area contributed by atoms with Crippen molar-refractivity contribution in [1.82, 2.24) is 15.0 Å². The zero-order chi connectivity index (χ0) is 24.1. The van der Waals surface area contributed by atoms with E-state index in [1.807, 2.05) is 13.8 Å². The summed E-state index contributed by atoms with van der Waals surface area (Å²) in [4.78, 5) is 28.2. The maximum atomic E-state index is 12.6. The zero-order valence-electron chi connectivity index (χ0n) is 20.2. The van der Waals surface area contributed by atoms with Crippen LogP contribution in [0.3, 0.4) is 0 Å². The van der Waals surface area contributed by atoms with Gasteiger partial charge in [0, 0.05) is 13.0 Å². The van der Waals surface area contributed by atoms with E-state index >= 15 is 0 Å². The van der Waals surface area contributed by atoms with Crippen LogP contribution in [0.2, 0.25) is 0 Å². The smallest absolute Gasteiger partial charge is 0.438 e. The number of hydrogen-bond acceptors (Lipinski definition) is 7. The number of rotatable bonds is 8. The number of hydrogen-bond donors (Lipinski definition) is 2. The molecule has 2 N–H and O–H groups in total. The lowest BCUT2D eigenvalue weighted by Gasteiger charge is -2.48. The van der Waals surface area contributed by atoms with Crippen molar-refractivity contribution in [2.24, 2.45) is 11.8 Å². The number of nitrogens with one attached hydrogen (secondary N) is 1. The average molecular weight is 466 g/mol. The Hall–Kier alpha value is -2.17. The van der Waals surface area contributed by atoms with Crippen LogP contribution in [0.15, 0.2) is 21.0 Å². The zero-order valence-corrected chi connectivity index (χ0v) is 20.2. The molecular formula is C23H35N3O7. The molecule has 2 saturated heterocycles. The lowest BCUT2D eigenvalue weighted by Crippen LogP contribution is -2.61. The number of epoxide rings is 2. The predicted molar refractivity (Wildman–Crippen MR) is 118 cm³/mol. The Morgan fingerprint density at radius 3 is 2.61 bits per heavy atom. The Labute approximate surface area is 193 Å². The summed E-state index contributed by atoms with van der Waals surface area (Å²) in [5, 5.41) is 14.1. The molecule has 10 heteroatoms. The fourth-order valence-electron chi connectivity index (χ4n) is 5.86. The quantitative estimate of drug-likeness (QED) is 0.442. The van der Waals surface area contributed by atoms with E-state index in [-0.39, 0.29) is 29.4 Å². The number of methoxy groups -OCH3 is 1. The highest BCUT2D eigenvalue weighted by Gasteiger charge is 2.72. The van der Waals surface area contributed by atoms with Crippen LogP contribution < -0.4 is 5.76 Å². The van der Waals surface area contributed by atoms with E-state index in [2.05, 4.69) is 37.0 Å². The van der Waals surface area contributed by atoms with Crippen molar-refractivity contribution < 1.29 is 28.6 Å². The summed E-state index contributed by atoms with van der Waals surface area (Å²) < 4.78 is 23.0. The molecule has 2 aliphatic heterocycles. The Bertz CT molecular complexity index is 961. The first-order valence-corrected chi connectivity index (χ1v) is 11.6. The van der Waals surface area contributed by atoms with E-state index in [0.717, 1.165) is 6.42 Å². The fraction of sp³-hybridized carbons (Fsp3) is 0.783. The van der Waals surface area contributed by atoms with Gasteiger partial charge in [-0.2, -0.15) is 0 Å². The first kappa shape index (κ1) is 24.0. The van der Waals surface area contributed by atoms with E-state index < -0.39 is 35.6 Å². The summed E-state index contributed by atoms with van der Waals surface area (Å²) in [5.41, 5.74) is 0.404. The molecule has 1 saturated carbocycles. The van der Waals surface area contributed by atoms with Crippen molar-refractivity contribution in [3.05, 3.63) is 28.0 Å². The Morgan fingerprint density at radius 1 is 1.42 bits per heavy atom. The van der Waals surface area contributed by atoms with E-state index in [0.29, 0.717) is 19.4 Å². The third-order valence-electron chi connectivity index (χ3n) is 7.51. The molecule has 7 atom stereocenters. The fourth-order valence-corrected chi connectivity index (χ4v) is 5.86. The average Bonchev–Trinajstić information content (AvgIpc) is 3.60. The summed E-state index contributed by atoms with van der Waals surface area (Å²) in [7, 11) is 1.62. The summed E-state index contributed by atoms with van der Waals surface area (Å²) in [6.45, 7) is 10.6. The van der Waals surface area contributed by atoms with Gasteiger partial charge in [0.15, 0.2) is 5.82 Å². The summed E-state index contributed by atoms with van der Waals surface area (Å²) in [6.07, 6.45) is 2.72. The van der Waals surface area contributed by atoms with Crippen LogP contribution in [0.1, 0.15) is 65.7 Å². The number of amides is 1. The molecule has 1 aromatic rings. The van der Waals surface area contributed by atoms with E-state index in [1.165, 1.54) is 10.5 Å². The topological polar surface area (TPSA) is 134 Å². The van der Waals surface area contributed by atoms with Gasteiger partial charge in [-0.3, -0.25) is 14.4 Å². The number of aromatic nitrogens is 2. The van der Waals surface area contributed by atoms with Crippen molar-refractivity contribution in [1.29, 1.82) is 0 Å². The molecule has 1 amide bonds. The molecule has 1 spiro atoms. The van der Waals surface area contributed by atoms with Crippen molar-refractivity contribution in [2.45, 2.75) is 89.4 Å². The number of aromatic amines is 1. The molecule has 4 rings (SSSR count). The second-order valence-corrected chi connectivity index (χ2v) is 10.3. The number of carboxylic acid groups (broad SMARTS) is 1. The van der Waals surface area contributed by atoms with Gasteiger partial charge in [-0.25, -0.2) is 9.59 Å². The van der Waals surface area contributed by atoms with Gasteiger partial charge in [-0.05, 0) is 46.0 Å². The molecule has 3 heterocycles. The first-order valence-electron chi connectivity index (χ1n) is 11.6. The third-order valence-corrected chi connectivity index (χ3v) is 7.51. The Kier molecular flexibility index (Phi) is 6.22. The molecular weight excluding hydrogens is 430 g/mol. The lowest BCUT2D eigenvalue weighted by molar-refractivity contribution is -0.103. The number of carbonyl (C=O) groups is 1. The second-order valence-electron chi connectivity index (χ2n) is 10.3. The van der Waals surface area contributed by atoms with Crippen LogP contribution in [0.5, 0.6) is 0 Å². The van der Waals surface area contributed by atoms with E-state index in [1.54, 1.807) is 7.11 Å². The largest absolute Gasteiger partial charge is 0.465 e. The highest BCUT2D eigenvalue weighted by molar-refractivity contribution is 5.66. The molecule has 3 fully saturated rings. The van der Waals surface area contributed by atoms with Gasteiger partial charge in [0.25, 0.3) is 0 Å². The lowest BCUT2D eigenvalue weighted by atomic mass is 9.67. The molecule has 184 valence electrons. The molecule has 0 aromatic carbocycles. The summed E-state index contributed by atoms with van der Waals surface area (Å²) >= 11 is 0. The standard InChI is InChI=1S/C23H35N3O7/c1-12(2)7-8-15-22(5,32-15)18-17(30-6)14(9-10-23(18)11-31-23)26(21(28)29)16(13(3)4)19-24-20(27)33-25-19/h7,13-18H,8-11H2,1-6H3,(H,28,29)(H,24,25,27)/t14-,15-,16+,17-,18-,22+,23+/m1/s1. The van der Waals surface area contributed by atoms with Crippen molar-refractivity contribution in [3.63, 3.8) is 0 Å². The van der Waals surface area contributed by atoms with Crippen molar-refractivity contribution in [3.8, 4) is 0 Å². The molecule has 10 nitrogen and oxygen atoms in total. The van der Waals surface area contributed by atoms with E-state index in [9.17, 15) is 14.7 Å². The minimum absolute atomic E-state index is 0.0287. The van der Waals surface area contributed by atoms with Gasteiger partial charge >= 0.3 is 11.8 Å². The summed E-state index contributed by atoms with van der Waals surface area (Å²) in [5.74, 6) is -0.807. The van der Waals surface area contributed by atoms with Crippen LogP contribution in [0.4, 0.5) is 4.79 Å². The van der Waals surface area contributed by atoms with Crippen LogP contribution in [0, 0.1) is 11.8 Å². The normalized spacial score (nSPS) is 36.0. The van der Waals surface area contributed by atoms with E-state index in [4.69, 9.17) is 18.7 Å². The van der Waals surface area contributed by atoms with Gasteiger partial charge < -0.3 is 19.3 Å². The molecule has 3 aliphatic rings. The van der Waals surface area contributed by atoms with Gasteiger partial charge in [-0.15, -0.1) is 0 Å². The number of nitrogens with zero attached hydrogens (tertiary/aromatic N) is 2. The van der Waals surface area contributed by atoms with Gasteiger partial charge in [-0.1, -0.05) is 30.7 Å². The first-order chi connectivity index (χ1) is 15.5. The molecule has 0 unspecified atom stereocenters. The highest BCUT2D eigenvalue weighted by atomic mass is 16.6. The monoisotopic (exact) mass is 465 g/mol. The van der Waals surface area contributed by atoms with Crippen molar-refractivity contribution in [2.75, 3.05) is 13.7 Å². The maximum absolute atomic E-state index is 12.6. The maximum Gasteiger partial charge on any atom is 0.438 e. The van der Waals surface area contributed by atoms with Gasteiger partial charge in [0.05, 0.1) is 36.5 Å². The highest BCUT2D eigenvalue weighted by Crippen LogP contribution is 2.60.